The summed E-state index contributed by atoms with van der Waals surface area (Å²) in [5, 5.41) is 16.4. The number of nitrogens with one attached hydrogen (secondary N) is 6. The Labute approximate surface area is 413 Å². The Morgan fingerprint density at radius 1 is 0.535 bits per heavy atom. The van der Waals surface area contributed by atoms with Gasteiger partial charge in [0, 0.05) is 45.6 Å². The van der Waals surface area contributed by atoms with Gasteiger partial charge in [0.1, 0.15) is 36.3 Å². The highest BCUT2D eigenvalue weighted by molar-refractivity contribution is 5.97. The molecule has 22 heteroatoms. The highest BCUT2D eigenvalue weighted by atomic mass is 16.2. The molecule has 0 spiro atoms. The van der Waals surface area contributed by atoms with Crippen LogP contribution in [0.4, 0.5) is 0 Å². The number of fused-ring (bicyclic) bond motifs is 3. The van der Waals surface area contributed by atoms with Gasteiger partial charge in [0.05, 0.1) is 19.1 Å². The number of nitrogens with zero attached hydrogens (tertiary/aromatic N) is 4. The first kappa shape index (κ1) is 53.3. The molecule has 6 rings (SSSR count). The van der Waals surface area contributed by atoms with Crippen LogP contribution >= 0.6 is 0 Å². The topological polar surface area (TPSA) is 326 Å². The second-order valence-electron chi connectivity index (χ2n) is 18.5. The van der Waals surface area contributed by atoms with Crippen LogP contribution in [0.25, 0.3) is 0 Å². The Morgan fingerprint density at radius 2 is 1.07 bits per heavy atom. The zero-order valence-corrected chi connectivity index (χ0v) is 40.2. The molecular weight excluding hydrogens is 915 g/mol. The van der Waals surface area contributed by atoms with Crippen molar-refractivity contribution in [2.24, 2.45) is 22.2 Å². The standard InChI is InChI=1S/C49H69N13O9/c50-33-17-7-8-22-53-42(65)34(18-9-23-54-49(51)52)58-44(67)36(28-32-15-5-2-6-16-32)59-46(69)38-20-10-24-60(38)41(64)30-56-43(66)35(27-31-13-3-1-4-14-31)57-40(63)29-55-45(68)37-19-11-25-61(37)48(71)39-21-12-26-62(39)47(33)70/h1-6,13-16,33-39H,7-12,17-30,50H2,(H,53,65)(H,55,68)(H,56,66)(H,57,63)(H,58,67)(H,59,69)(H4,51,52,54)/t33-,34-,35-,36-,37-,38-,39-/m0/s1. The van der Waals surface area contributed by atoms with Crippen LogP contribution in [0.15, 0.2) is 65.7 Å². The molecule has 0 radical (unpaired) electrons. The molecule has 4 fully saturated rings. The molecule has 0 unspecified atom stereocenters. The lowest BCUT2D eigenvalue weighted by Crippen LogP contribution is -2.57. The second-order valence-corrected chi connectivity index (χ2v) is 18.5. The fourth-order valence-corrected chi connectivity index (χ4v) is 9.63. The molecule has 0 aromatic heterocycles. The van der Waals surface area contributed by atoms with E-state index in [0.717, 1.165) is 5.56 Å². The molecule has 4 aliphatic heterocycles. The third-order valence-corrected chi connectivity index (χ3v) is 13.4. The quantitative estimate of drug-likeness (QED) is 0.0775. The largest absolute Gasteiger partial charge is 0.370 e. The van der Waals surface area contributed by atoms with Gasteiger partial charge in [-0.1, -0.05) is 60.7 Å². The maximum atomic E-state index is 14.2. The minimum atomic E-state index is -1.17. The van der Waals surface area contributed by atoms with Gasteiger partial charge in [-0.05, 0) is 81.8 Å². The van der Waals surface area contributed by atoms with Gasteiger partial charge in [-0.15, -0.1) is 0 Å². The van der Waals surface area contributed by atoms with Gasteiger partial charge >= 0.3 is 0 Å². The first-order valence-corrected chi connectivity index (χ1v) is 24.7. The molecule has 4 saturated heterocycles. The van der Waals surface area contributed by atoms with Gasteiger partial charge in [-0.25, -0.2) is 0 Å². The summed E-state index contributed by atoms with van der Waals surface area (Å²) in [4.78, 5) is 133. The summed E-state index contributed by atoms with van der Waals surface area (Å²) < 4.78 is 0. The average molecular weight is 984 g/mol. The minimum absolute atomic E-state index is 0.0458. The monoisotopic (exact) mass is 984 g/mol. The Hall–Kier alpha value is -7.10. The highest BCUT2D eigenvalue weighted by Crippen LogP contribution is 2.26. The molecule has 2 aromatic rings. The molecule has 384 valence electrons. The summed E-state index contributed by atoms with van der Waals surface area (Å²) in [5.74, 6) is -5.10. The smallest absolute Gasteiger partial charge is 0.246 e. The fourth-order valence-electron chi connectivity index (χ4n) is 9.63. The van der Waals surface area contributed by atoms with E-state index in [1.807, 2.05) is 6.07 Å². The summed E-state index contributed by atoms with van der Waals surface area (Å²) in [7, 11) is 0. The molecule has 4 heterocycles. The first-order valence-electron chi connectivity index (χ1n) is 24.7. The van der Waals surface area contributed by atoms with E-state index < -0.39 is 103 Å². The van der Waals surface area contributed by atoms with Crippen LogP contribution in [0, 0.1) is 0 Å². The number of nitrogens with two attached hydrogens (primary N) is 3. The van der Waals surface area contributed by atoms with E-state index in [2.05, 4.69) is 36.9 Å². The lowest BCUT2D eigenvalue weighted by Gasteiger charge is -2.32. The van der Waals surface area contributed by atoms with Crippen LogP contribution in [-0.2, 0) is 56.0 Å². The zero-order valence-electron chi connectivity index (χ0n) is 40.2. The van der Waals surface area contributed by atoms with Crippen molar-refractivity contribution in [1.82, 2.24) is 46.6 Å². The summed E-state index contributed by atoms with van der Waals surface area (Å²) in [5.41, 5.74) is 18.9. The van der Waals surface area contributed by atoms with Crippen molar-refractivity contribution in [3.8, 4) is 0 Å². The van der Waals surface area contributed by atoms with Crippen molar-refractivity contribution < 1.29 is 43.2 Å². The maximum absolute atomic E-state index is 14.2. The van der Waals surface area contributed by atoms with E-state index in [4.69, 9.17) is 17.2 Å². The Morgan fingerprint density at radius 3 is 1.70 bits per heavy atom. The summed E-state index contributed by atoms with van der Waals surface area (Å²) >= 11 is 0. The van der Waals surface area contributed by atoms with Gasteiger partial charge in [0.25, 0.3) is 0 Å². The molecule has 22 nitrogen and oxygen atoms in total. The molecule has 2 aromatic carbocycles. The number of carbonyl (C=O) groups excluding carboxylic acids is 9. The SMILES string of the molecule is NC(N)=NCCC[C@@H]1NC(=O)[C@H](Cc2ccccc2)NC(=O)[C@@H]2CCCN2C(=O)CNC(=O)[C@H](Cc2ccccc2)NC(=O)CNC(=O)[C@@H]2CCCN2C(=O)[C@@H]2CCCN2C(=O)[C@@H](N)CCCCNC1=O. The summed E-state index contributed by atoms with van der Waals surface area (Å²) in [6.45, 7) is 0.173. The van der Waals surface area contributed by atoms with Gasteiger partial charge < -0.3 is 63.8 Å². The summed E-state index contributed by atoms with van der Waals surface area (Å²) in [6, 6.07) is 10.9. The molecule has 9 amide bonds. The summed E-state index contributed by atoms with van der Waals surface area (Å²) in [6.07, 6.45) is 4.32. The predicted octanol–water partition coefficient (Wildman–Crippen LogP) is -2.19. The van der Waals surface area contributed by atoms with E-state index in [1.54, 1.807) is 54.6 Å². The molecular formula is C49H69N13O9. The third kappa shape index (κ3) is 15.2. The van der Waals surface area contributed by atoms with Gasteiger partial charge in [0.15, 0.2) is 5.96 Å². The number of hydrogen-bond donors (Lipinski definition) is 9. The van der Waals surface area contributed by atoms with Crippen molar-refractivity contribution in [3.63, 3.8) is 0 Å². The Kier molecular flexibility index (Phi) is 19.7. The molecule has 71 heavy (non-hydrogen) atoms. The van der Waals surface area contributed by atoms with E-state index in [9.17, 15) is 43.2 Å². The van der Waals surface area contributed by atoms with Crippen LogP contribution in [0.5, 0.6) is 0 Å². The van der Waals surface area contributed by atoms with Crippen molar-refractivity contribution in [1.29, 1.82) is 0 Å². The number of guanidine groups is 1. The lowest BCUT2D eigenvalue weighted by molar-refractivity contribution is -0.147. The van der Waals surface area contributed by atoms with E-state index in [1.165, 1.54) is 14.7 Å². The van der Waals surface area contributed by atoms with Gasteiger partial charge in [-0.2, -0.15) is 0 Å². The normalized spacial score (nSPS) is 26.4. The zero-order chi connectivity index (χ0) is 50.9. The number of amides is 9. The molecule has 0 saturated carbocycles. The van der Waals surface area contributed by atoms with Crippen molar-refractivity contribution >= 4 is 59.1 Å². The number of aliphatic imine (C=N–C) groups is 1. The first-order chi connectivity index (χ1) is 34.2. The predicted molar refractivity (Wildman–Crippen MR) is 261 cm³/mol. The van der Waals surface area contributed by atoms with Crippen LogP contribution in [0.2, 0.25) is 0 Å². The van der Waals surface area contributed by atoms with Crippen LogP contribution in [-0.4, -0.2) is 162 Å². The number of hydrogen-bond acceptors (Lipinski definition) is 11. The molecule has 7 atom stereocenters. The number of benzene rings is 2. The minimum Gasteiger partial charge on any atom is -0.370 e. The van der Waals surface area contributed by atoms with Crippen molar-refractivity contribution in [3.05, 3.63) is 71.8 Å². The number of carbonyl (C=O) groups is 9. The van der Waals surface area contributed by atoms with Crippen molar-refractivity contribution in [2.45, 2.75) is 126 Å². The van der Waals surface area contributed by atoms with Crippen LogP contribution in [0.1, 0.15) is 81.8 Å². The van der Waals surface area contributed by atoms with E-state index >= 15 is 0 Å². The van der Waals surface area contributed by atoms with Gasteiger partial charge in [-0.3, -0.25) is 48.1 Å². The molecule has 0 aliphatic carbocycles. The number of rotatable bonds is 8. The average Bonchev–Trinajstić information content (AvgIpc) is 4.18. The molecule has 4 aliphatic rings. The van der Waals surface area contributed by atoms with Gasteiger partial charge in [0.2, 0.25) is 53.2 Å². The van der Waals surface area contributed by atoms with Crippen LogP contribution in [0.3, 0.4) is 0 Å². The van der Waals surface area contributed by atoms with Crippen molar-refractivity contribution in [2.75, 3.05) is 45.8 Å². The molecule has 12 N–H and O–H groups in total. The maximum Gasteiger partial charge on any atom is 0.246 e. The second kappa shape index (κ2) is 26.2. The Bertz CT molecular complexity index is 2250. The highest BCUT2D eigenvalue weighted by Gasteiger charge is 2.43. The molecule has 0 bridgehead atoms. The fraction of sp³-hybridized carbons (Fsp3) is 0.551. The third-order valence-electron chi connectivity index (χ3n) is 13.4. The van der Waals surface area contributed by atoms with E-state index in [0.29, 0.717) is 63.5 Å². The Balaban J connectivity index is 1.23. The van der Waals surface area contributed by atoms with Crippen LogP contribution < -0.4 is 49.1 Å². The van der Waals surface area contributed by atoms with E-state index in [-0.39, 0.29) is 70.1 Å². The lowest BCUT2D eigenvalue weighted by atomic mass is 10.0.